The summed E-state index contributed by atoms with van der Waals surface area (Å²) in [6.45, 7) is 0. The number of hydrogen-bond acceptors (Lipinski definition) is 3. The molecule has 234 valence electrons. The highest BCUT2D eigenvalue weighted by Gasteiger charge is 2.18. The minimum absolute atomic E-state index is 0.0557. The molecule has 0 bridgehead atoms. The van der Waals surface area contributed by atoms with Crippen LogP contribution in [0.15, 0.2) is 180 Å². The normalized spacial score (nSPS) is 15.0. The first kappa shape index (κ1) is 18.7. The summed E-state index contributed by atoms with van der Waals surface area (Å²) < 4.78 is 114. The fraction of sp³-hybridized carbons (Fsp3) is 0. The van der Waals surface area contributed by atoms with Crippen molar-refractivity contribution in [2.24, 2.45) is 0 Å². The number of nitrogens with zero attached hydrogens (tertiary/aromatic N) is 3. The summed E-state index contributed by atoms with van der Waals surface area (Å²) in [7, 11) is 0. The molecule has 7 aromatic carbocycles. The van der Waals surface area contributed by atoms with Crippen LogP contribution in [-0.2, 0) is 0 Å². The first-order valence-corrected chi connectivity index (χ1v) is 15.9. The quantitative estimate of drug-likeness (QED) is 0.186. The number of furan rings is 1. The predicted octanol–water partition coefficient (Wildman–Crippen LogP) is 12.1. The Morgan fingerprint density at radius 1 is 0.500 bits per heavy atom. The number of fused-ring (bicyclic) bond motifs is 6. The van der Waals surface area contributed by atoms with Gasteiger partial charge in [-0.1, -0.05) is 127 Å². The lowest BCUT2D eigenvalue weighted by molar-refractivity contribution is 0.669. The van der Waals surface area contributed by atoms with Crippen LogP contribution >= 0.6 is 0 Å². The highest BCUT2D eigenvalue weighted by Crippen LogP contribution is 2.38. The minimum atomic E-state index is -0.713. The first-order valence-electron chi connectivity index (χ1n) is 21.9. The van der Waals surface area contributed by atoms with Gasteiger partial charge in [-0.25, -0.2) is 9.97 Å². The van der Waals surface area contributed by atoms with E-state index in [1.807, 2.05) is 91.0 Å². The van der Waals surface area contributed by atoms with E-state index < -0.39 is 78.2 Å². The van der Waals surface area contributed by atoms with Gasteiger partial charge in [0.15, 0.2) is 5.82 Å². The Bertz CT molecular complexity index is 3520. The molecule has 3 heterocycles. The Labute approximate surface area is 305 Å². The molecule has 0 aliphatic rings. The second kappa shape index (κ2) is 11.4. The van der Waals surface area contributed by atoms with Crippen molar-refractivity contribution in [2.45, 2.75) is 0 Å². The molecule has 0 radical (unpaired) electrons. The van der Waals surface area contributed by atoms with Gasteiger partial charge in [0.05, 0.1) is 44.4 Å². The molecule has 4 nitrogen and oxygen atoms in total. The molecule has 0 fully saturated rings. The topological polar surface area (TPSA) is 43.9 Å². The van der Waals surface area contributed by atoms with Crippen LogP contribution < -0.4 is 0 Å². The zero-order chi connectivity index (χ0) is 43.5. The summed E-state index contributed by atoms with van der Waals surface area (Å²) in [4.78, 5) is 9.96. The van der Waals surface area contributed by atoms with E-state index in [2.05, 4.69) is 0 Å². The van der Waals surface area contributed by atoms with E-state index in [1.54, 1.807) is 12.1 Å². The summed E-state index contributed by atoms with van der Waals surface area (Å²) in [5.74, 6) is 0.184. The van der Waals surface area contributed by atoms with Gasteiger partial charge >= 0.3 is 0 Å². The predicted molar refractivity (Wildman–Crippen MR) is 205 cm³/mol. The van der Waals surface area contributed by atoms with Gasteiger partial charge in [-0.15, -0.1) is 0 Å². The van der Waals surface area contributed by atoms with Crippen molar-refractivity contribution in [1.29, 1.82) is 0 Å². The Morgan fingerprint density at radius 3 is 2.04 bits per heavy atom. The third-order valence-corrected chi connectivity index (χ3v) is 8.78. The lowest BCUT2D eigenvalue weighted by Crippen LogP contribution is -1.97. The fourth-order valence-corrected chi connectivity index (χ4v) is 6.45. The third-order valence-electron chi connectivity index (χ3n) is 8.78. The van der Waals surface area contributed by atoms with Crippen LogP contribution in [0.4, 0.5) is 0 Å². The van der Waals surface area contributed by atoms with Crippen molar-refractivity contribution in [3.8, 4) is 50.7 Å². The second-order valence-corrected chi connectivity index (χ2v) is 11.7. The molecule has 0 N–H and O–H groups in total. The van der Waals surface area contributed by atoms with Crippen molar-refractivity contribution in [3.63, 3.8) is 0 Å². The van der Waals surface area contributed by atoms with Crippen LogP contribution in [-0.4, -0.2) is 14.5 Å². The maximum atomic E-state index is 9.82. The molecule has 50 heavy (non-hydrogen) atoms. The molecule has 10 aromatic rings. The SMILES string of the molecule is [2H]c1c([2H])c([2H])c(-n2c3c([2H])c([2H])c([2H])c([2H])c3c3c([2H])c(-c4cc(-c5ccc(-c6ccccc6)cc5)nc(-c5cccc6c5oc5ccccc56)n4)c([2H])c([2H])c32)c([2H])c1[2H]. The van der Waals surface area contributed by atoms with E-state index in [-0.39, 0.29) is 38.9 Å². The second-order valence-electron chi connectivity index (χ2n) is 11.7. The maximum absolute atomic E-state index is 9.82. The average Bonchev–Trinajstić information content (AvgIpc) is 3.86. The molecule has 3 aromatic heterocycles. The number of benzene rings is 7. The summed E-state index contributed by atoms with van der Waals surface area (Å²) in [5.41, 5.74) is 3.50. The van der Waals surface area contributed by atoms with Gasteiger partial charge in [-0.2, -0.15) is 0 Å². The lowest BCUT2D eigenvalue weighted by Gasteiger charge is -2.11. The van der Waals surface area contributed by atoms with E-state index in [0.717, 1.165) is 26.5 Å². The average molecular weight is 652 g/mol. The molecule has 0 atom stereocenters. The molecule has 0 aliphatic carbocycles. The van der Waals surface area contributed by atoms with Crippen LogP contribution in [0.3, 0.4) is 0 Å². The smallest absolute Gasteiger partial charge is 0.164 e. The molecular formula is C46H29N3O. The fourth-order valence-electron chi connectivity index (χ4n) is 6.45. The van der Waals surface area contributed by atoms with E-state index in [4.69, 9.17) is 26.7 Å². The van der Waals surface area contributed by atoms with E-state index >= 15 is 0 Å². The molecule has 0 saturated heterocycles. The van der Waals surface area contributed by atoms with Gasteiger partial charge in [0, 0.05) is 38.4 Å². The van der Waals surface area contributed by atoms with E-state index in [0.29, 0.717) is 28.0 Å². The largest absolute Gasteiger partial charge is 0.455 e. The molecule has 0 saturated carbocycles. The van der Waals surface area contributed by atoms with Crippen molar-refractivity contribution >= 4 is 43.7 Å². The Kier molecular flexibility index (Phi) is 4.27. The third kappa shape index (κ3) is 4.61. The van der Waals surface area contributed by atoms with Crippen molar-refractivity contribution in [1.82, 2.24) is 14.5 Å². The van der Waals surface area contributed by atoms with Gasteiger partial charge in [0.1, 0.15) is 11.2 Å². The zero-order valence-corrected chi connectivity index (χ0v) is 26.1. The minimum Gasteiger partial charge on any atom is -0.455 e. The van der Waals surface area contributed by atoms with Crippen LogP contribution in [0, 0.1) is 0 Å². The molecular weight excluding hydrogens is 611 g/mol. The highest BCUT2D eigenvalue weighted by molar-refractivity contribution is 6.11. The number of rotatable bonds is 5. The van der Waals surface area contributed by atoms with Gasteiger partial charge < -0.3 is 8.98 Å². The summed E-state index contributed by atoms with van der Waals surface area (Å²) in [6.07, 6.45) is 0. The lowest BCUT2D eigenvalue weighted by atomic mass is 10.0. The molecule has 0 amide bonds. The molecule has 0 unspecified atom stereocenters. The molecule has 0 spiro atoms. The van der Waals surface area contributed by atoms with Crippen molar-refractivity contribution < 1.29 is 20.9 Å². The number of aromatic nitrogens is 3. The van der Waals surface area contributed by atoms with Gasteiger partial charge in [-0.05, 0) is 59.5 Å². The van der Waals surface area contributed by atoms with Crippen molar-refractivity contribution in [2.75, 3.05) is 0 Å². The van der Waals surface area contributed by atoms with E-state index in [1.165, 1.54) is 0 Å². The number of hydrogen-bond donors (Lipinski definition) is 0. The monoisotopic (exact) mass is 651 g/mol. The Balaban J connectivity index is 1.31. The highest BCUT2D eigenvalue weighted by atomic mass is 16.3. The zero-order valence-electron chi connectivity index (χ0n) is 38.1. The Morgan fingerprint density at radius 2 is 1.18 bits per heavy atom. The first-order chi connectivity index (χ1) is 29.8. The standard InChI is InChI=1S/C46H29N3O/c1-3-12-30(13-4-1)31-22-24-32(25-23-31)40-29-41(48-46(47-40)38-19-11-18-37-36-17-8-10-21-44(36)50-45(37)38)33-26-27-43-39(28-33)35-16-7-9-20-42(35)49(43)34-14-5-2-6-15-34/h1-29H/i2D,5D,6D,7D,9D,14D,15D,16D,20D,26D,27D,28D. The Hall–Kier alpha value is -6.78. The van der Waals surface area contributed by atoms with Crippen LogP contribution in [0.5, 0.6) is 0 Å². The van der Waals surface area contributed by atoms with Gasteiger partial charge in [0.2, 0.25) is 0 Å². The van der Waals surface area contributed by atoms with Gasteiger partial charge in [0.25, 0.3) is 0 Å². The molecule has 10 rings (SSSR count). The van der Waals surface area contributed by atoms with Gasteiger partial charge in [-0.3, -0.25) is 0 Å². The van der Waals surface area contributed by atoms with E-state index in [9.17, 15) is 4.11 Å². The van der Waals surface area contributed by atoms with Crippen LogP contribution in [0.25, 0.3) is 94.5 Å². The molecule has 0 aliphatic heterocycles. The number of para-hydroxylation sites is 4. The summed E-state index contributed by atoms with van der Waals surface area (Å²) >= 11 is 0. The van der Waals surface area contributed by atoms with Crippen LogP contribution in [0.1, 0.15) is 16.4 Å². The summed E-state index contributed by atoms with van der Waals surface area (Å²) in [5, 5.41) is 1.27. The maximum Gasteiger partial charge on any atom is 0.164 e. The van der Waals surface area contributed by atoms with Crippen LogP contribution in [0.2, 0.25) is 0 Å². The summed E-state index contributed by atoms with van der Waals surface area (Å²) in [6, 6.07) is 24.7. The van der Waals surface area contributed by atoms with Crippen molar-refractivity contribution in [3.05, 3.63) is 176 Å². The molecule has 4 heteroatoms.